The molecule has 3 heterocycles. The molecule has 0 spiro atoms. The number of fused-ring (bicyclic) bond motifs is 1. The Morgan fingerprint density at radius 3 is 2.54 bits per heavy atom. The number of nitrogens with zero attached hydrogens (tertiary/aromatic N) is 1. The van der Waals surface area contributed by atoms with Crippen LogP contribution in [0.1, 0.15) is 63.6 Å². The molecule has 0 aliphatic carbocycles. The normalized spacial score (nSPS) is 20.8. The lowest BCUT2D eigenvalue weighted by Gasteiger charge is -2.25. The van der Waals surface area contributed by atoms with Gasteiger partial charge in [0.25, 0.3) is 0 Å². The van der Waals surface area contributed by atoms with Crippen molar-refractivity contribution in [3.63, 3.8) is 0 Å². The number of rotatable bonds is 6. The minimum atomic E-state index is -1.47. The van der Waals surface area contributed by atoms with E-state index < -0.39 is 39.0 Å². The van der Waals surface area contributed by atoms with Crippen molar-refractivity contribution in [3.8, 4) is 11.3 Å². The molecule has 3 atom stereocenters. The zero-order valence-corrected chi connectivity index (χ0v) is 25.2. The SMILES string of the molecule is CC1(C)OCC(C)(c2ccnc(-c3cccc4cc(C(NS(=O)C(C)(C)C)c5c(F)cccc5Cl)sc34)c2)O1. The van der Waals surface area contributed by atoms with Gasteiger partial charge >= 0.3 is 0 Å². The van der Waals surface area contributed by atoms with E-state index in [2.05, 4.69) is 9.71 Å². The zero-order valence-electron chi connectivity index (χ0n) is 22.8. The average molecular weight is 587 g/mol. The first-order valence-corrected chi connectivity index (χ1v) is 15.1. The molecule has 39 heavy (non-hydrogen) atoms. The molecule has 1 saturated heterocycles. The van der Waals surface area contributed by atoms with Gasteiger partial charge in [0.05, 0.1) is 34.1 Å². The van der Waals surface area contributed by atoms with E-state index in [1.165, 1.54) is 17.4 Å². The summed E-state index contributed by atoms with van der Waals surface area (Å²) in [7, 11) is -1.47. The molecule has 1 aliphatic rings. The number of aromatic nitrogens is 1. The van der Waals surface area contributed by atoms with Gasteiger partial charge in [-0.15, -0.1) is 11.3 Å². The molecule has 9 heteroatoms. The molecule has 1 fully saturated rings. The summed E-state index contributed by atoms with van der Waals surface area (Å²) in [6.45, 7) is 11.9. The van der Waals surface area contributed by atoms with E-state index >= 15 is 4.39 Å². The maximum atomic E-state index is 15.2. The van der Waals surface area contributed by atoms with Gasteiger partial charge in [-0.2, -0.15) is 0 Å². The predicted molar refractivity (Wildman–Crippen MR) is 158 cm³/mol. The van der Waals surface area contributed by atoms with Crippen molar-refractivity contribution in [2.75, 3.05) is 6.61 Å². The van der Waals surface area contributed by atoms with E-state index in [0.29, 0.717) is 6.61 Å². The van der Waals surface area contributed by atoms with Crippen molar-refractivity contribution in [1.29, 1.82) is 0 Å². The van der Waals surface area contributed by atoms with Gasteiger partial charge in [0.1, 0.15) is 11.4 Å². The minimum Gasteiger partial charge on any atom is -0.347 e. The van der Waals surface area contributed by atoms with Crippen LogP contribution in [0.3, 0.4) is 0 Å². The third-order valence-corrected chi connectivity index (χ3v) is 9.87. The van der Waals surface area contributed by atoms with Gasteiger partial charge in [-0.1, -0.05) is 35.9 Å². The van der Waals surface area contributed by atoms with Crippen molar-refractivity contribution in [1.82, 2.24) is 9.71 Å². The maximum absolute atomic E-state index is 15.2. The van der Waals surface area contributed by atoms with Crippen molar-refractivity contribution < 1.29 is 18.1 Å². The number of thiophene rings is 1. The molecule has 3 unspecified atom stereocenters. The van der Waals surface area contributed by atoms with Gasteiger partial charge in [0.15, 0.2) is 5.79 Å². The van der Waals surface area contributed by atoms with E-state index in [4.69, 9.17) is 21.1 Å². The quantitative estimate of drug-likeness (QED) is 0.249. The third kappa shape index (κ3) is 5.69. The molecule has 0 radical (unpaired) electrons. The fraction of sp³-hybridized carbons (Fsp3) is 0.367. The maximum Gasteiger partial charge on any atom is 0.164 e. The van der Waals surface area contributed by atoms with Crippen LogP contribution < -0.4 is 4.72 Å². The van der Waals surface area contributed by atoms with Crippen LogP contribution in [0.25, 0.3) is 21.3 Å². The highest BCUT2D eigenvalue weighted by molar-refractivity contribution is 7.84. The van der Waals surface area contributed by atoms with Gasteiger partial charge in [-0.05, 0) is 82.8 Å². The summed E-state index contributed by atoms with van der Waals surface area (Å²) in [5, 5.41) is 1.26. The lowest BCUT2D eigenvalue weighted by atomic mass is 9.96. The first kappa shape index (κ1) is 28.3. The van der Waals surface area contributed by atoms with Crippen molar-refractivity contribution in [2.24, 2.45) is 0 Å². The largest absolute Gasteiger partial charge is 0.347 e. The Kier molecular flexibility index (Phi) is 7.50. The molecule has 2 aromatic heterocycles. The van der Waals surface area contributed by atoms with Crippen molar-refractivity contribution in [3.05, 3.63) is 87.6 Å². The second-order valence-electron chi connectivity index (χ2n) is 11.4. The number of benzene rings is 2. The first-order chi connectivity index (χ1) is 18.3. The molecule has 0 amide bonds. The van der Waals surface area contributed by atoms with E-state index in [0.717, 1.165) is 31.8 Å². The van der Waals surface area contributed by atoms with Crippen LogP contribution in [-0.2, 0) is 26.1 Å². The summed E-state index contributed by atoms with van der Waals surface area (Å²) in [4.78, 5) is 5.49. The predicted octanol–water partition coefficient (Wildman–Crippen LogP) is 7.90. The summed E-state index contributed by atoms with van der Waals surface area (Å²) in [5.41, 5.74) is 2.41. The van der Waals surface area contributed by atoms with E-state index in [1.54, 1.807) is 18.3 Å². The van der Waals surface area contributed by atoms with Crippen LogP contribution in [0.2, 0.25) is 5.02 Å². The van der Waals surface area contributed by atoms with Crippen LogP contribution in [0.5, 0.6) is 0 Å². The smallest absolute Gasteiger partial charge is 0.164 e. The molecule has 1 N–H and O–H groups in total. The van der Waals surface area contributed by atoms with Crippen molar-refractivity contribution in [2.45, 2.75) is 63.7 Å². The second kappa shape index (κ2) is 10.3. The van der Waals surface area contributed by atoms with Crippen LogP contribution >= 0.6 is 22.9 Å². The molecule has 5 nitrogen and oxygen atoms in total. The summed E-state index contributed by atoms with van der Waals surface area (Å²) >= 11 is 8.01. The molecule has 206 valence electrons. The summed E-state index contributed by atoms with van der Waals surface area (Å²) in [6, 6.07) is 15.9. The molecule has 5 rings (SSSR count). The van der Waals surface area contributed by atoms with Crippen LogP contribution in [0.4, 0.5) is 4.39 Å². The zero-order chi connectivity index (χ0) is 28.2. The van der Waals surface area contributed by atoms with Gasteiger partial charge in [0, 0.05) is 31.9 Å². The van der Waals surface area contributed by atoms with Gasteiger partial charge in [-0.3, -0.25) is 4.98 Å². The number of hydrogen-bond donors (Lipinski definition) is 1. The summed E-state index contributed by atoms with van der Waals surface area (Å²) < 4.78 is 44.1. The third-order valence-electron chi connectivity index (χ3n) is 6.73. The Bertz CT molecular complexity index is 1550. The Labute approximate surface area is 240 Å². The molecule has 0 saturated carbocycles. The van der Waals surface area contributed by atoms with Gasteiger partial charge in [0.2, 0.25) is 0 Å². The Hall–Kier alpha value is -2.20. The number of nitrogens with one attached hydrogen (secondary N) is 1. The molecular weight excluding hydrogens is 555 g/mol. The van der Waals surface area contributed by atoms with Crippen LogP contribution in [0.15, 0.2) is 60.8 Å². The number of hydrogen-bond acceptors (Lipinski definition) is 5. The van der Waals surface area contributed by atoms with Crippen molar-refractivity contribution >= 4 is 44.0 Å². The number of pyridine rings is 1. The monoisotopic (exact) mass is 586 g/mol. The van der Waals surface area contributed by atoms with Crippen LogP contribution in [-0.4, -0.2) is 26.3 Å². The number of ether oxygens (including phenoxy) is 2. The first-order valence-electron chi connectivity index (χ1n) is 12.7. The standard InChI is InChI=1S/C30H32ClFN2O3S2/c1-28(2,3)39(35)34-26(25-21(31)11-8-12-22(25)32)24-15-18-9-7-10-20(27(18)38-24)23-16-19(13-14-33-23)30(6)17-36-29(4,5)37-30/h7-16,26,34H,17H2,1-6H3. The highest BCUT2D eigenvalue weighted by Crippen LogP contribution is 2.43. The van der Waals surface area contributed by atoms with Gasteiger partial charge in [-0.25, -0.2) is 13.3 Å². The minimum absolute atomic E-state index is 0.277. The summed E-state index contributed by atoms with van der Waals surface area (Å²) in [6.07, 6.45) is 1.79. The highest BCUT2D eigenvalue weighted by atomic mass is 35.5. The average Bonchev–Trinajstić information content (AvgIpc) is 3.43. The van der Waals surface area contributed by atoms with Crippen LogP contribution in [0, 0.1) is 5.82 Å². The molecule has 1 aliphatic heterocycles. The number of halogens is 2. The van der Waals surface area contributed by atoms with Gasteiger partial charge < -0.3 is 9.47 Å². The van der Waals surface area contributed by atoms with E-state index in [-0.39, 0.29) is 10.6 Å². The molecular formula is C30H32ClFN2O3S2. The molecule has 2 aromatic carbocycles. The fourth-order valence-corrected chi connectivity index (χ4v) is 7.12. The Morgan fingerprint density at radius 1 is 1.13 bits per heavy atom. The summed E-state index contributed by atoms with van der Waals surface area (Å²) in [5.74, 6) is -1.11. The second-order valence-corrected chi connectivity index (χ2v) is 14.9. The molecule has 0 bridgehead atoms. The highest BCUT2D eigenvalue weighted by Gasteiger charge is 2.43. The topological polar surface area (TPSA) is 60.5 Å². The molecule has 4 aromatic rings. The Balaban J connectivity index is 1.61. The lowest BCUT2D eigenvalue weighted by Crippen LogP contribution is -2.36. The lowest BCUT2D eigenvalue weighted by molar-refractivity contribution is -0.159. The van der Waals surface area contributed by atoms with E-state index in [9.17, 15) is 4.21 Å². The van der Waals surface area contributed by atoms with E-state index in [1.807, 2.05) is 77.9 Å². The fourth-order valence-electron chi connectivity index (χ4n) is 4.72. The Morgan fingerprint density at radius 2 is 1.87 bits per heavy atom.